The van der Waals surface area contributed by atoms with Crippen LogP contribution in [0.15, 0.2) is 41.8 Å². The highest BCUT2D eigenvalue weighted by Gasteiger charge is 2.45. The number of thiophene rings is 1. The van der Waals surface area contributed by atoms with E-state index in [9.17, 15) is 9.90 Å². The van der Waals surface area contributed by atoms with Gasteiger partial charge in [0.15, 0.2) is 0 Å². The minimum atomic E-state index is -0.946. The smallest absolute Gasteiger partial charge is 0.319 e. The molecule has 3 rings (SSSR count). The molecule has 2 amide bonds. The summed E-state index contributed by atoms with van der Waals surface area (Å²) in [5.41, 5.74) is 0.896. The molecule has 4 nitrogen and oxygen atoms in total. The second kappa shape index (κ2) is 6.10. The van der Waals surface area contributed by atoms with E-state index in [1.54, 1.807) is 0 Å². The van der Waals surface area contributed by atoms with Crippen molar-refractivity contribution in [2.45, 2.75) is 25.4 Å². The number of hydrogen-bond acceptors (Lipinski definition) is 3. The molecule has 0 spiro atoms. The van der Waals surface area contributed by atoms with Gasteiger partial charge in [0, 0.05) is 10.6 Å². The second-order valence-electron chi connectivity index (χ2n) is 5.85. The van der Waals surface area contributed by atoms with Gasteiger partial charge < -0.3 is 15.7 Å². The van der Waals surface area contributed by atoms with E-state index >= 15 is 0 Å². The third kappa shape index (κ3) is 3.31. The van der Waals surface area contributed by atoms with Crippen molar-refractivity contribution >= 4 is 23.1 Å². The van der Waals surface area contributed by atoms with Crippen LogP contribution in [0, 0.1) is 12.8 Å². The highest BCUT2D eigenvalue weighted by atomic mass is 32.1. The summed E-state index contributed by atoms with van der Waals surface area (Å²) < 4.78 is 0. The summed E-state index contributed by atoms with van der Waals surface area (Å²) in [5.74, 6) is 0.241. The summed E-state index contributed by atoms with van der Waals surface area (Å²) in [5, 5.41) is 18.5. The molecule has 1 atom stereocenters. The van der Waals surface area contributed by atoms with Crippen molar-refractivity contribution in [3.05, 3.63) is 52.2 Å². The van der Waals surface area contributed by atoms with Gasteiger partial charge in [-0.1, -0.05) is 18.2 Å². The molecule has 2 aromatic rings. The van der Waals surface area contributed by atoms with E-state index in [0.29, 0.717) is 0 Å². The van der Waals surface area contributed by atoms with Gasteiger partial charge in [-0.05, 0) is 54.8 Å². The second-order valence-corrected chi connectivity index (χ2v) is 6.80. The van der Waals surface area contributed by atoms with Crippen molar-refractivity contribution in [1.82, 2.24) is 5.32 Å². The van der Waals surface area contributed by atoms with Gasteiger partial charge in [-0.2, -0.15) is 0 Å². The molecule has 5 heteroatoms. The summed E-state index contributed by atoms with van der Waals surface area (Å²) in [6, 6.07) is 11.2. The van der Waals surface area contributed by atoms with Crippen LogP contribution < -0.4 is 10.6 Å². The van der Waals surface area contributed by atoms with Gasteiger partial charge in [-0.25, -0.2) is 4.79 Å². The fourth-order valence-corrected chi connectivity index (χ4v) is 3.54. The quantitative estimate of drug-likeness (QED) is 0.791. The molecule has 0 aliphatic heterocycles. The Labute approximate surface area is 134 Å². The number of benzene rings is 1. The lowest BCUT2D eigenvalue weighted by Crippen LogP contribution is -2.43. The molecule has 1 aromatic carbocycles. The summed E-state index contributed by atoms with van der Waals surface area (Å²) >= 11 is 1.53. The van der Waals surface area contributed by atoms with Gasteiger partial charge in [-0.15, -0.1) is 11.3 Å². The molecule has 1 aliphatic carbocycles. The average molecular weight is 316 g/mol. The number of nitrogens with one attached hydrogen (secondary N) is 2. The molecular weight excluding hydrogens is 296 g/mol. The Hall–Kier alpha value is -1.85. The highest BCUT2D eigenvalue weighted by molar-refractivity contribution is 7.10. The van der Waals surface area contributed by atoms with E-state index in [1.807, 2.05) is 48.7 Å². The Balaban J connectivity index is 1.62. The lowest BCUT2D eigenvalue weighted by atomic mass is 9.96. The number of amides is 2. The van der Waals surface area contributed by atoms with Gasteiger partial charge in [-0.3, -0.25) is 0 Å². The van der Waals surface area contributed by atoms with Crippen LogP contribution in [0.1, 0.15) is 23.3 Å². The van der Waals surface area contributed by atoms with Gasteiger partial charge in [0.05, 0.1) is 6.54 Å². The van der Waals surface area contributed by atoms with Crippen LogP contribution in [-0.2, 0) is 5.60 Å². The topological polar surface area (TPSA) is 61.4 Å². The molecule has 0 saturated heterocycles. The van der Waals surface area contributed by atoms with Crippen molar-refractivity contribution in [3.8, 4) is 0 Å². The normalized spacial score (nSPS) is 16.8. The number of carbonyl (C=O) groups excluding carboxylic acids is 1. The number of hydrogen-bond donors (Lipinski definition) is 3. The highest BCUT2D eigenvalue weighted by Crippen LogP contribution is 2.46. The van der Waals surface area contributed by atoms with Crippen LogP contribution >= 0.6 is 11.3 Å². The molecule has 3 N–H and O–H groups in total. The van der Waals surface area contributed by atoms with E-state index in [2.05, 4.69) is 10.6 Å². The van der Waals surface area contributed by atoms with E-state index < -0.39 is 5.60 Å². The van der Waals surface area contributed by atoms with E-state index in [1.165, 1.54) is 11.3 Å². The van der Waals surface area contributed by atoms with Crippen LogP contribution in [0.3, 0.4) is 0 Å². The van der Waals surface area contributed by atoms with Crippen molar-refractivity contribution in [2.24, 2.45) is 5.92 Å². The number of aryl methyl sites for hydroxylation is 1. The lowest BCUT2D eigenvalue weighted by Gasteiger charge is -2.27. The predicted molar refractivity (Wildman–Crippen MR) is 89.1 cm³/mol. The van der Waals surface area contributed by atoms with Crippen molar-refractivity contribution in [1.29, 1.82) is 0 Å². The van der Waals surface area contributed by atoms with Crippen LogP contribution in [-0.4, -0.2) is 17.7 Å². The lowest BCUT2D eigenvalue weighted by molar-refractivity contribution is 0.0200. The molecule has 1 heterocycles. The minimum Gasteiger partial charge on any atom is -0.382 e. The number of urea groups is 1. The monoisotopic (exact) mass is 316 g/mol. The molecule has 1 fully saturated rings. The third-order valence-corrected chi connectivity index (χ3v) is 5.03. The molecule has 1 aromatic heterocycles. The van der Waals surface area contributed by atoms with E-state index in [0.717, 1.165) is 29.0 Å². The molecule has 0 bridgehead atoms. The zero-order valence-corrected chi connectivity index (χ0v) is 13.3. The Morgan fingerprint density at radius 3 is 2.82 bits per heavy atom. The molecule has 116 valence electrons. The molecule has 22 heavy (non-hydrogen) atoms. The maximum atomic E-state index is 12.1. The first-order valence-corrected chi connectivity index (χ1v) is 8.34. The average Bonchev–Trinajstić information content (AvgIpc) is 3.20. The van der Waals surface area contributed by atoms with E-state index in [4.69, 9.17) is 0 Å². The summed E-state index contributed by atoms with van der Waals surface area (Å²) in [6.45, 7) is 2.21. The number of aliphatic hydroxyl groups is 1. The first kappa shape index (κ1) is 15.1. The van der Waals surface area contributed by atoms with Crippen LogP contribution in [0.25, 0.3) is 0 Å². The van der Waals surface area contributed by atoms with Crippen LogP contribution in [0.2, 0.25) is 0 Å². The SMILES string of the molecule is Cc1cccc(NC(=O)NCC(O)(c2cccs2)C2CC2)c1. The Morgan fingerprint density at radius 1 is 1.36 bits per heavy atom. The zero-order chi connectivity index (χ0) is 15.6. The summed E-state index contributed by atoms with van der Waals surface area (Å²) in [6.07, 6.45) is 2.02. The van der Waals surface area contributed by atoms with E-state index in [-0.39, 0.29) is 18.5 Å². The standard InChI is InChI=1S/C17H20N2O2S/c1-12-4-2-5-14(10-12)19-16(20)18-11-17(21,13-7-8-13)15-6-3-9-22-15/h2-6,9-10,13,21H,7-8,11H2,1H3,(H2,18,19,20). The first-order chi connectivity index (χ1) is 10.6. The molecule has 1 aliphatic rings. The van der Waals surface area contributed by atoms with Crippen molar-refractivity contribution < 1.29 is 9.90 Å². The first-order valence-electron chi connectivity index (χ1n) is 7.46. The van der Waals surface area contributed by atoms with Gasteiger partial charge in [0.25, 0.3) is 0 Å². The van der Waals surface area contributed by atoms with Crippen LogP contribution in [0.4, 0.5) is 10.5 Å². The van der Waals surface area contributed by atoms with Gasteiger partial charge in [0.1, 0.15) is 5.60 Å². The minimum absolute atomic E-state index is 0.232. The largest absolute Gasteiger partial charge is 0.382 e. The number of carbonyl (C=O) groups is 1. The zero-order valence-electron chi connectivity index (χ0n) is 12.5. The Kier molecular flexibility index (Phi) is 4.18. The fourth-order valence-electron chi connectivity index (χ4n) is 2.63. The fraction of sp³-hybridized carbons (Fsp3) is 0.353. The molecular formula is C17H20N2O2S. The predicted octanol–water partition coefficient (Wildman–Crippen LogP) is 3.48. The maximum Gasteiger partial charge on any atom is 0.319 e. The molecule has 1 unspecified atom stereocenters. The maximum absolute atomic E-state index is 12.1. The summed E-state index contributed by atoms with van der Waals surface area (Å²) in [4.78, 5) is 13.0. The third-order valence-electron chi connectivity index (χ3n) is 3.99. The Bertz CT molecular complexity index is 652. The molecule has 1 saturated carbocycles. The van der Waals surface area contributed by atoms with Gasteiger partial charge >= 0.3 is 6.03 Å². The van der Waals surface area contributed by atoms with Crippen molar-refractivity contribution in [3.63, 3.8) is 0 Å². The van der Waals surface area contributed by atoms with Crippen LogP contribution in [0.5, 0.6) is 0 Å². The summed E-state index contributed by atoms with van der Waals surface area (Å²) in [7, 11) is 0. The van der Waals surface area contributed by atoms with Gasteiger partial charge in [0.2, 0.25) is 0 Å². The Morgan fingerprint density at radius 2 is 2.18 bits per heavy atom. The number of anilines is 1. The van der Waals surface area contributed by atoms with Crippen molar-refractivity contribution in [2.75, 3.05) is 11.9 Å². The molecule has 0 radical (unpaired) electrons. The number of rotatable bonds is 5.